The zero-order valence-electron chi connectivity index (χ0n) is 15.7. The molecular weight excluding hydrogens is 454 g/mol. The van der Waals surface area contributed by atoms with Gasteiger partial charge in [0.25, 0.3) is 0 Å². The second kappa shape index (κ2) is 8.06. The highest BCUT2D eigenvalue weighted by atomic mass is 35.5. The summed E-state index contributed by atoms with van der Waals surface area (Å²) in [6.07, 6.45) is 1.97. The van der Waals surface area contributed by atoms with Crippen LogP contribution < -0.4 is 0 Å². The summed E-state index contributed by atoms with van der Waals surface area (Å²) >= 11 is 10.5. The Balaban J connectivity index is 1.81. The lowest BCUT2D eigenvalue weighted by Crippen LogP contribution is -2.00. The van der Waals surface area contributed by atoms with E-state index in [1.165, 1.54) is 23.4 Å². The number of fused-ring (bicyclic) bond motifs is 1. The van der Waals surface area contributed by atoms with Crippen LogP contribution in [0.4, 0.5) is 0 Å². The topological polar surface area (TPSA) is 41.2 Å². The molecule has 30 heavy (non-hydrogen) atoms. The summed E-state index contributed by atoms with van der Waals surface area (Å²) < 4.78 is 7.84. The monoisotopic (exact) mass is 467 g/mol. The Bertz CT molecular complexity index is 1320. The summed E-state index contributed by atoms with van der Waals surface area (Å²) in [6, 6.07) is 20.5. The van der Waals surface area contributed by atoms with Gasteiger partial charge in [0.15, 0.2) is 0 Å². The molecule has 0 unspecified atom stereocenters. The number of hydrogen-bond acceptors (Lipinski definition) is 6. The first-order valence-electron chi connectivity index (χ1n) is 9.00. The molecule has 0 amide bonds. The van der Waals surface area contributed by atoms with Crippen molar-refractivity contribution in [2.24, 2.45) is 0 Å². The fraction of sp³-hybridized carbons (Fsp3) is 0.0455. The van der Waals surface area contributed by atoms with Crippen LogP contribution in [0.25, 0.3) is 26.9 Å². The van der Waals surface area contributed by atoms with Crippen molar-refractivity contribution in [1.29, 1.82) is 5.26 Å². The van der Waals surface area contributed by atoms with Crippen LogP contribution in [0.1, 0.15) is 10.6 Å². The van der Waals surface area contributed by atoms with Crippen molar-refractivity contribution < 1.29 is 4.28 Å². The average Bonchev–Trinajstić information content (AvgIpc) is 3.47. The number of nitrogens with zero attached hydrogens (tertiary/aromatic N) is 3. The maximum absolute atomic E-state index is 9.69. The number of nitriles is 1. The van der Waals surface area contributed by atoms with Crippen LogP contribution >= 0.6 is 46.9 Å². The lowest BCUT2D eigenvalue weighted by molar-refractivity contribution is 0.0593. The van der Waals surface area contributed by atoms with Gasteiger partial charge in [0.1, 0.15) is 10.9 Å². The molecule has 148 valence electrons. The molecule has 1 aliphatic heterocycles. The van der Waals surface area contributed by atoms with Crippen molar-refractivity contribution in [3.8, 4) is 17.2 Å². The molecule has 2 aromatic heterocycles. The van der Waals surface area contributed by atoms with E-state index >= 15 is 0 Å². The highest BCUT2D eigenvalue weighted by Gasteiger charge is 2.27. The van der Waals surface area contributed by atoms with Gasteiger partial charge < -0.3 is 0 Å². The number of hydrogen-bond donors (Lipinski definition) is 0. The summed E-state index contributed by atoms with van der Waals surface area (Å²) in [5.41, 5.74) is 4.08. The Labute approximate surface area is 191 Å². The third kappa shape index (κ3) is 3.41. The normalized spacial score (nSPS) is 13.6. The van der Waals surface area contributed by atoms with Gasteiger partial charge in [0, 0.05) is 39.7 Å². The molecule has 3 heterocycles. The molecule has 5 rings (SSSR count). The van der Waals surface area contributed by atoms with Crippen molar-refractivity contribution in [3.63, 3.8) is 0 Å². The molecule has 4 nitrogen and oxygen atoms in total. The molecule has 4 aromatic rings. The largest absolute Gasteiger partial charge is 0.278 e. The molecule has 0 atom stereocenters. The third-order valence-corrected chi connectivity index (χ3v) is 7.56. The minimum atomic E-state index is 0.702. The standard InChI is InChI=1S/C22H14ClN3OS3/c1-25-13-20(30-27-25)22-21(17-10-11-28-19(17)12-24)16-4-2-3-5-18(16)26(22)29-15-8-6-14(23)7-9-15/h2-11,13H,1H3. The van der Waals surface area contributed by atoms with Crippen LogP contribution in [0.3, 0.4) is 0 Å². The Morgan fingerprint density at radius 3 is 2.63 bits per heavy atom. The Morgan fingerprint density at radius 2 is 1.90 bits per heavy atom. The van der Waals surface area contributed by atoms with Gasteiger partial charge in [-0.2, -0.15) is 9.55 Å². The zero-order valence-corrected chi connectivity index (χ0v) is 18.9. The zero-order chi connectivity index (χ0) is 20.7. The van der Waals surface area contributed by atoms with Crippen LogP contribution in [0.15, 0.2) is 71.1 Å². The SMILES string of the molecule is CN1C=C(c2c(-c3ccsc3C#N)c3ccccc3n2Sc2ccc(Cl)cc2)SO1. The fourth-order valence-corrected chi connectivity index (χ4v) is 5.99. The second-order valence-corrected chi connectivity index (χ2v) is 9.68. The molecule has 0 radical (unpaired) electrons. The Morgan fingerprint density at radius 1 is 1.10 bits per heavy atom. The van der Waals surface area contributed by atoms with Gasteiger partial charge in [-0.3, -0.25) is 3.97 Å². The number of halogens is 1. The van der Waals surface area contributed by atoms with Crippen LogP contribution in [0.2, 0.25) is 5.02 Å². The average molecular weight is 468 g/mol. The maximum Gasteiger partial charge on any atom is 0.112 e. The smallest absolute Gasteiger partial charge is 0.112 e. The minimum absolute atomic E-state index is 0.702. The predicted molar refractivity (Wildman–Crippen MR) is 127 cm³/mol. The van der Waals surface area contributed by atoms with E-state index in [4.69, 9.17) is 15.9 Å². The maximum atomic E-state index is 9.69. The van der Waals surface area contributed by atoms with E-state index in [1.807, 2.05) is 61.1 Å². The van der Waals surface area contributed by atoms with Gasteiger partial charge in [-0.1, -0.05) is 29.8 Å². The molecule has 0 saturated heterocycles. The summed E-state index contributed by atoms with van der Waals surface area (Å²) in [5.74, 6) is 0. The van der Waals surface area contributed by atoms with E-state index in [1.54, 1.807) is 17.0 Å². The molecule has 2 aromatic carbocycles. The first-order chi connectivity index (χ1) is 14.7. The number of hydroxylamine groups is 2. The number of aromatic nitrogens is 1. The predicted octanol–water partition coefficient (Wildman–Crippen LogP) is 7.27. The molecule has 0 fully saturated rings. The fourth-order valence-electron chi connectivity index (χ4n) is 3.40. The van der Waals surface area contributed by atoms with Gasteiger partial charge in [-0.05, 0) is 53.7 Å². The number of thiophene rings is 1. The quantitative estimate of drug-likeness (QED) is 0.295. The summed E-state index contributed by atoms with van der Waals surface area (Å²) in [6.45, 7) is 0. The number of para-hydroxylation sites is 1. The van der Waals surface area contributed by atoms with Gasteiger partial charge in [-0.15, -0.1) is 11.3 Å². The van der Waals surface area contributed by atoms with Crippen molar-refractivity contribution in [2.75, 3.05) is 7.05 Å². The highest BCUT2D eigenvalue weighted by Crippen LogP contribution is 2.48. The van der Waals surface area contributed by atoms with Crippen LogP contribution in [-0.4, -0.2) is 16.1 Å². The van der Waals surface area contributed by atoms with Gasteiger partial charge in [0.2, 0.25) is 0 Å². The van der Waals surface area contributed by atoms with Crippen molar-refractivity contribution >= 4 is 62.7 Å². The minimum Gasteiger partial charge on any atom is -0.278 e. The highest BCUT2D eigenvalue weighted by molar-refractivity contribution is 8.04. The Kier molecular flexibility index (Phi) is 5.27. The molecule has 0 spiro atoms. The van der Waals surface area contributed by atoms with Gasteiger partial charge >= 0.3 is 0 Å². The van der Waals surface area contributed by atoms with Gasteiger partial charge in [0.05, 0.1) is 28.2 Å². The summed E-state index contributed by atoms with van der Waals surface area (Å²) in [4.78, 5) is 2.76. The molecule has 0 aliphatic carbocycles. The lowest BCUT2D eigenvalue weighted by Gasteiger charge is -2.11. The van der Waals surface area contributed by atoms with E-state index in [0.29, 0.717) is 9.90 Å². The lowest BCUT2D eigenvalue weighted by atomic mass is 10.0. The van der Waals surface area contributed by atoms with Crippen molar-refractivity contribution in [3.05, 3.63) is 81.8 Å². The van der Waals surface area contributed by atoms with E-state index in [2.05, 4.69) is 22.2 Å². The molecular formula is C22H14ClN3OS3. The Hall–Kier alpha value is -2.34. The second-order valence-electron chi connectivity index (χ2n) is 6.55. The number of rotatable bonds is 4. The van der Waals surface area contributed by atoms with Crippen LogP contribution in [0, 0.1) is 11.3 Å². The number of benzene rings is 2. The van der Waals surface area contributed by atoms with Gasteiger partial charge in [-0.25, -0.2) is 5.06 Å². The van der Waals surface area contributed by atoms with E-state index in [0.717, 1.165) is 37.5 Å². The van der Waals surface area contributed by atoms with E-state index < -0.39 is 0 Å². The summed E-state index contributed by atoms with van der Waals surface area (Å²) in [7, 11) is 1.87. The molecule has 0 bridgehead atoms. The summed E-state index contributed by atoms with van der Waals surface area (Å²) in [5, 5.41) is 15.2. The first-order valence-corrected chi connectivity index (χ1v) is 11.8. The van der Waals surface area contributed by atoms with Crippen LogP contribution in [0.5, 0.6) is 0 Å². The van der Waals surface area contributed by atoms with Crippen molar-refractivity contribution in [2.45, 2.75) is 4.90 Å². The third-order valence-electron chi connectivity index (χ3n) is 4.66. The first kappa shape index (κ1) is 19.6. The molecule has 1 aliphatic rings. The molecule has 0 N–H and O–H groups in total. The molecule has 0 saturated carbocycles. The van der Waals surface area contributed by atoms with E-state index in [9.17, 15) is 5.26 Å². The van der Waals surface area contributed by atoms with Crippen LogP contribution in [-0.2, 0) is 4.28 Å². The van der Waals surface area contributed by atoms with Crippen molar-refractivity contribution in [1.82, 2.24) is 9.04 Å². The van der Waals surface area contributed by atoms with E-state index in [-0.39, 0.29) is 0 Å². The molecule has 8 heteroatoms.